The molecule has 1 heterocycles. The van der Waals surface area contributed by atoms with Gasteiger partial charge in [-0.1, -0.05) is 48.5 Å². The summed E-state index contributed by atoms with van der Waals surface area (Å²) in [5.41, 5.74) is 4.37. The maximum atomic E-state index is 6.00. The third-order valence-corrected chi connectivity index (χ3v) is 4.76. The second-order valence-electron chi connectivity index (χ2n) is 6.20. The molecule has 4 rings (SSSR count). The second kappa shape index (κ2) is 5.77. The second-order valence-corrected chi connectivity index (χ2v) is 6.20. The predicted octanol–water partition coefficient (Wildman–Crippen LogP) is 5.07. The van der Waals surface area contributed by atoms with Crippen molar-refractivity contribution in [2.24, 2.45) is 0 Å². The fourth-order valence-corrected chi connectivity index (χ4v) is 3.66. The summed E-state index contributed by atoms with van der Waals surface area (Å²) in [5, 5.41) is 12.4. The number of nitrogens with one attached hydrogen (secondary N) is 1. The molecule has 3 aromatic carbocycles. The standard InChI is InChI=1S/C21H20N2O/c1-13-19(14(2)23-22-13)21(24-3)20-17-10-6-4-8-15(17)12-16-9-5-7-11-18(16)20/h4-12,21H,1-3H3,(H,22,23)/t21-/m1/s1. The van der Waals surface area contributed by atoms with Crippen molar-refractivity contribution in [1.82, 2.24) is 10.2 Å². The summed E-state index contributed by atoms with van der Waals surface area (Å²) in [6, 6.07) is 19.2. The average molecular weight is 316 g/mol. The van der Waals surface area contributed by atoms with Gasteiger partial charge in [0.2, 0.25) is 0 Å². The Morgan fingerprint density at radius 1 is 0.875 bits per heavy atom. The Balaban J connectivity index is 2.12. The van der Waals surface area contributed by atoms with Crippen LogP contribution < -0.4 is 0 Å². The highest BCUT2D eigenvalue weighted by Crippen LogP contribution is 2.38. The lowest BCUT2D eigenvalue weighted by Gasteiger charge is -2.21. The van der Waals surface area contributed by atoms with Gasteiger partial charge in [-0.15, -0.1) is 0 Å². The fraction of sp³-hybridized carbons (Fsp3) is 0.190. The first-order chi connectivity index (χ1) is 11.7. The quantitative estimate of drug-likeness (QED) is 0.536. The lowest BCUT2D eigenvalue weighted by molar-refractivity contribution is 0.137. The number of aryl methyl sites for hydroxylation is 2. The van der Waals surface area contributed by atoms with Crippen LogP contribution in [0, 0.1) is 13.8 Å². The molecule has 1 atom stereocenters. The van der Waals surface area contributed by atoms with Gasteiger partial charge in [0.25, 0.3) is 0 Å². The number of hydrogen-bond donors (Lipinski definition) is 1. The van der Waals surface area contributed by atoms with Gasteiger partial charge in [-0.25, -0.2) is 0 Å². The third-order valence-electron chi connectivity index (χ3n) is 4.76. The normalized spacial score (nSPS) is 12.8. The number of aromatic amines is 1. The number of nitrogens with zero attached hydrogens (tertiary/aromatic N) is 1. The molecule has 24 heavy (non-hydrogen) atoms. The number of aromatic nitrogens is 2. The molecule has 0 fully saturated rings. The zero-order valence-electron chi connectivity index (χ0n) is 14.1. The number of ether oxygens (including phenoxy) is 1. The van der Waals surface area contributed by atoms with Crippen molar-refractivity contribution in [3.63, 3.8) is 0 Å². The van der Waals surface area contributed by atoms with Crippen LogP contribution >= 0.6 is 0 Å². The summed E-state index contributed by atoms with van der Waals surface area (Å²) in [6.45, 7) is 4.08. The van der Waals surface area contributed by atoms with Crippen LogP contribution in [0.4, 0.5) is 0 Å². The van der Waals surface area contributed by atoms with Crippen LogP contribution in [0.2, 0.25) is 0 Å². The van der Waals surface area contributed by atoms with E-state index < -0.39 is 0 Å². The Kier molecular flexibility index (Phi) is 3.58. The summed E-state index contributed by atoms with van der Waals surface area (Å²) in [5.74, 6) is 0. The van der Waals surface area contributed by atoms with Gasteiger partial charge in [0, 0.05) is 23.9 Å². The molecule has 0 radical (unpaired) electrons. The maximum Gasteiger partial charge on any atom is 0.112 e. The minimum Gasteiger partial charge on any atom is -0.372 e. The zero-order valence-corrected chi connectivity index (χ0v) is 14.1. The van der Waals surface area contributed by atoms with Crippen LogP contribution in [0.25, 0.3) is 21.5 Å². The summed E-state index contributed by atoms with van der Waals surface area (Å²) < 4.78 is 6.00. The van der Waals surface area contributed by atoms with Gasteiger partial charge in [-0.3, -0.25) is 5.10 Å². The molecule has 0 saturated carbocycles. The zero-order chi connectivity index (χ0) is 16.7. The van der Waals surface area contributed by atoms with E-state index in [9.17, 15) is 0 Å². The van der Waals surface area contributed by atoms with E-state index in [0.717, 1.165) is 17.0 Å². The summed E-state index contributed by atoms with van der Waals surface area (Å²) in [6.07, 6.45) is -0.153. The molecule has 3 heteroatoms. The molecule has 1 N–H and O–H groups in total. The van der Waals surface area contributed by atoms with E-state index >= 15 is 0 Å². The first kappa shape index (κ1) is 14.9. The molecule has 4 aromatic rings. The Labute approximate surface area is 141 Å². The van der Waals surface area contributed by atoms with E-state index in [4.69, 9.17) is 4.74 Å². The van der Waals surface area contributed by atoms with Gasteiger partial charge in [0.15, 0.2) is 0 Å². The Hall–Kier alpha value is -2.65. The van der Waals surface area contributed by atoms with Crippen LogP contribution in [-0.2, 0) is 4.74 Å². The Morgan fingerprint density at radius 2 is 1.46 bits per heavy atom. The predicted molar refractivity (Wildman–Crippen MR) is 98.4 cm³/mol. The van der Waals surface area contributed by atoms with Gasteiger partial charge < -0.3 is 4.74 Å². The van der Waals surface area contributed by atoms with E-state index in [1.165, 1.54) is 27.1 Å². The van der Waals surface area contributed by atoms with Gasteiger partial charge in [0.05, 0.1) is 5.69 Å². The number of fused-ring (bicyclic) bond motifs is 2. The minimum atomic E-state index is -0.153. The van der Waals surface area contributed by atoms with Crippen molar-refractivity contribution in [3.8, 4) is 0 Å². The molecule has 0 bridgehead atoms. The first-order valence-electron chi connectivity index (χ1n) is 8.15. The first-order valence-corrected chi connectivity index (χ1v) is 8.15. The van der Waals surface area contributed by atoms with E-state index in [-0.39, 0.29) is 6.10 Å². The van der Waals surface area contributed by atoms with Crippen molar-refractivity contribution >= 4 is 21.5 Å². The van der Waals surface area contributed by atoms with E-state index in [0.29, 0.717) is 0 Å². The van der Waals surface area contributed by atoms with Crippen LogP contribution in [0.5, 0.6) is 0 Å². The van der Waals surface area contributed by atoms with Crippen molar-refractivity contribution in [3.05, 3.63) is 77.1 Å². The molecule has 0 spiro atoms. The monoisotopic (exact) mass is 316 g/mol. The minimum absolute atomic E-state index is 0.153. The molecule has 120 valence electrons. The maximum absolute atomic E-state index is 6.00. The van der Waals surface area contributed by atoms with Crippen LogP contribution in [-0.4, -0.2) is 17.3 Å². The van der Waals surface area contributed by atoms with Crippen molar-refractivity contribution in [1.29, 1.82) is 0 Å². The van der Waals surface area contributed by atoms with E-state index in [1.54, 1.807) is 7.11 Å². The number of rotatable bonds is 3. The molecular weight excluding hydrogens is 296 g/mol. The van der Waals surface area contributed by atoms with Gasteiger partial charge in [0.1, 0.15) is 6.10 Å². The van der Waals surface area contributed by atoms with Gasteiger partial charge >= 0.3 is 0 Å². The largest absolute Gasteiger partial charge is 0.372 e. The number of benzene rings is 3. The highest BCUT2D eigenvalue weighted by atomic mass is 16.5. The van der Waals surface area contributed by atoms with Crippen molar-refractivity contribution in [2.75, 3.05) is 7.11 Å². The van der Waals surface area contributed by atoms with E-state index in [2.05, 4.69) is 71.7 Å². The van der Waals surface area contributed by atoms with Gasteiger partial charge in [-0.05, 0) is 41.5 Å². The molecule has 0 aliphatic carbocycles. The number of H-pyrrole nitrogens is 1. The summed E-state index contributed by atoms with van der Waals surface area (Å²) in [4.78, 5) is 0. The molecule has 0 saturated heterocycles. The van der Waals surface area contributed by atoms with E-state index in [1.807, 2.05) is 6.92 Å². The van der Waals surface area contributed by atoms with Crippen molar-refractivity contribution in [2.45, 2.75) is 20.0 Å². The third kappa shape index (κ3) is 2.21. The molecule has 0 aliphatic heterocycles. The molecule has 0 aliphatic rings. The van der Waals surface area contributed by atoms with Crippen LogP contribution in [0.3, 0.4) is 0 Å². The number of methoxy groups -OCH3 is 1. The smallest absolute Gasteiger partial charge is 0.112 e. The molecule has 0 amide bonds. The SMILES string of the molecule is CO[C@H](c1c(C)n[nH]c1C)c1c2ccccc2cc2ccccc12. The lowest BCUT2D eigenvalue weighted by Crippen LogP contribution is -2.07. The fourth-order valence-electron chi connectivity index (χ4n) is 3.66. The highest BCUT2D eigenvalue weighted by Gasteiger charge is 2.24. The average Bonchev–Trinajstić information content (AvgIpc) is 2.94. The molecule has 3 nitrogen and oxygen atoms in total. The molecule has 0 unspecified atom stereocenters. The summed E-state index contributed by atoms with van der Waals surface area (Å²) in [7, 11) is 1.77. The Morgan fingerprint density at radius 3 is 1.96 bits per heavy atom. The topological polar surface area (TPSA) is 37.9 Å². The highest BCUT2D eigenvalue weighted by molar-refractivity contribution is 6.02. The molecule has 1 aromatic heterocycles. The Bertz CT molecular complexity index is 959. The number of hydrogen-bond acceptors (Lipinski definition) is 2. The lowest BCUT2D eigenvalue weighted by atomic mass is 9.90. The van der Waals surface area contributed by atoms with Crippen molar-refractivity contribution < 1.29 is 4.74 Å². The van der Waals surface area contributed by atoms with Crippen LogP contribution in [0.1, 0.15) is 28.6 Å². The van der Waals surface area contributed by atoms with Gasteiger partial charge in [-0.2, -0.15) is 5.10 Å². The van der Waals surface area contributed by atoms with Crippen LogP contribution in [0.15, 0.2) is 54.6 Å². The molecular formula is C21H20N2O. The summed E-state index contributed by atoms with van der Waals surface area (Å²) >= 11 is 0.